The number of methoxy groups -OCH3 is 1. The van der Waals surface area contributed by atoms with Crippen molar-refractivity contribution >= 4 is 17.5 Å². The maximum absolute atomic E-state index is 12.0. The van der Waals surface area contributed by atoms with E-state index in [2.05, 4.69) is 25.8 Å². The molecule has 138 valence electrons. The van der Waals surface area contributed by atoms with E-state index in [0.29, 0.717) is 30.4 Å². The molecule has 0 unspecified atom stereocenters. The maximum Gasteiger partial charge on any atom is 0.258 e. The zero-order valence-corrected chi connectivity index (χ0v) is 14.8. The highest BCUT2D eigenvalue weighted by atomic mass is 16.5. The average molecular weight is 365 g/mol. The van der Waals surface area contributed by atoms with Gasteiger partial charge in [-0.1, -0.05) is 0 Å². The van der Waals surface area contributed by atoms with Gasteiger partial charge in [0.25, 0.3) is 5.91 Å². The number of rotatable bonds is 8. The highest BCUT2D eigenvalue weighted by molar-refractivity contribution is 6.03. The summed E-state index contributed by atoms with van der Waals surface area (Å²) in [5.74, 6) is 2.21. The topological polar surface area (TPSA) is 98.3 Å². The van der Waals surface area contributed by atoms with E-state index in [1.165, 1.54) is 6.20 Å². The summed E-state index contributed by atoms with van der Waals surface area (Å²) in [5, 5.41) is 13.8. The van der Waals surface area contributed by atoms with E-state index in [1.54, 1.807) is 37.6 Å². The molecule has 8 nitrogen and oxygen atoms in total. The molecule has 3 rings (SSSR count). The third-order valence-corrected chi connectivity index (χ3v) is 3.57. The van der Waals surface area contributed by atoms with Crippen molar-refractivity contribution in [2.75, 3.05) is 30.9 Å². The largest absolute Gasteiger partial charge is 0.497 e. The van der Waals surface area contributed by atoms with E-state index in [4.69, 9.17) is 9.47 Å². The van der Waals surface area contributed by atoms with Gasteiger partial charge in [-0.25, -0.2) is 0 Å². The highest BCUT2D eigenvalue weighted by Gasteiger charge is 2.07. The minimum absolute atomic E-state index is 0.286. The number of carbonyl (C=O) groups is 1. The van der Waals surface area contributed by atoms with Crippen molar-refractivity contribution in [1.82, 2.24) is 15.2 Å². The number of hydrogen-bond acceptors (Lipinski definition) is 7. The average Bonchev–Trinajstić information content (AvgIpc) is 2.73. The van der Waals surface area contributed by atoms with Gasteiger partial charge in [0, 0.05) is 12.4 Å². The molecule has 0 aliphatic rings. The van der Waals surface area contributed by atoms with Crippen molar-refractivity contribution in [3.05, 3.63) is 66.5 Å². The van der Waals surface area contributed by atoms with E-state index in [9.17, 15) is 4.79 Å². The Kier molecular flexibility index (Phi) is 6.13. The summed E-state index contributed by atoms with van der Waals surface area (Å²) < 4.78 is 10.7. The zero-order chi connectivity index (χ0) is 18.9. The number of nitrogens with zero attached hydrogens (tertiary/aromatic N) is 3. The quantitative estimate of drug-likeness (QED) is 0.592. The zero-order valence-electron chi connectivity index (χ0n) is 14.8. The minimum atomic E-state index is -0.286. The van der Waals surface area contributed by atoms with Gasteiger partial charge in [0.1, 0.15) is 23.9 Å². The van der Waals surface area contributed by atoms with Crippen LogP contribution in [0.25, 0.3) is 0 Å². The third kappa shape index (κ3) is 5.40. The molecular weight excluding hydrogens is 346 g/mol. The molecular formula is C19H19N5O3. The first-order valence-corrected chi connectivity index (χ1v) is 8.30. The Balaban J connectivity index is 1.43. The number of hydrogen-bond donors (Lipinski definition) is 2. The van der Waals surface area contributed by atoms with E-state index in [-0.39, 0.29) is 5.91 Å². The van der Waals surface area contributed by atoms with Gasteiger partial charge in [0.2, 0.25) is 0 Å². The van der Waals surface area contributed by atoms with Crippen LogP contribution in [0.1, 0.15) is 10.4 Å². The van der Waals surface area contributed by atoms with Gasteiger partial charge in [-0.2, -0.15) is 0 Å². The van der Waals surface area contributed by atoms with Crippen LogP contribution in [0.5, 0.6) is 11.5 Å². The summed E-state index contributed by atoms with van der Waals surface area (Å²) >= 11 is 0. The van der Waals surface area contributed by atoms with Gasteiger partial charge >= 0.3 is 0 Å². The van der Waals surface area contributed by atoms with Crippen LogP contribution in [0.2, 0.25) is 0 Å². The van der Waals surface area contributed by atoms with Crippen molar-refractivity contribution < 1.29 is 14.3 Å². The number of amides is 1. The van der Waals surface area contributed by atoms with Crippen LogP contribution in [-0.2, 0) is 0 Å². The fourth-order valence-electron chi connectivity index (χ4n) is 2.20. The summed E-state index contributed by atoms with van der Waals surface area (Å²) in [6.07, 6.45) is 3.09. The Morgan fingerprint density at radius 1 is 1.00 bits per heavy atom. The number of nitrogens with one attached hydrogen (secondary N) is 2. The number of aromatic nitrogens is 3. The van der Waals surface area contributed by atoms with Crippen LogP contribution in [0.3, 0.4) is 0 Å². The predicted molar refractivity (Wildman–Crippen MR) is 101 cm³/mol. The fraction of sp³-hybridized carbons (Fsp3) is 0.158. The monoisotopic (exact) mass is 365 g/mol. The molecule has 0 fully saturated rings. The van der Waals surface area contributed by atoms with Crippen molar-refractivity contribution in [3.8, 4) is 11.5 Å². The number of benzene rings is 1. The van der Waals surface area contributed by atoms with Gasteiger partial charge in [0.15, 0.2) is 5.82 Å². The SMILES string of the molecule is COc1ccc(OCCNc2ccc(NC(=O)c3cccnc3)nn2)cc1. The first-order valence-electron chi connectivity index (χ1n) is 8.30. The molecule has 0 bridgehead atoms. The molecule has 3 aromatic rings. The number of anilines is 2. The van der Waals surface area contributed by atoms with Crippen LogP contribution >= 0.6 is 0 Å². The van der Waals surface area contributed by atoms with Gasteiger partial charge in [-0.05, 0) is 48.5 Å². The lowest BCUT2D eigenvalue weighted by atomic mass is 10.3. The van der Waals surface area contributed by atoms with E-state index in [0.717, 1.165) is 11.5 Å². The minimum Gasteiger partial charge on any atom is -0.497 e. The fourth-order valence-corrected chi connectivity index (χ4v) is 2.20. The van der Waals surface area contributed by atoms with Crippen LogP contribution < -0.4 is 20.1 Å². The molecule has 0 aliphatic carbocycles. The first-order chi connectivity index (χ1) is 13.2. The van der Waals surface area contributed by atoms with Crippen molar-refractivity contribution in [2.24, 2.45) is 0 Å². The molecule has 0 atom stereocenters. The predicted octanol–water partition coefficient (Wildman–Crippen LogP) is 2.62. The lowest BCUT2D eigenvalue weighted by Gasteiger charge is -2.09. The molecule has 1 aromatic carbocycles. The molecule has 0 saturated heterocycles. The van der Waals surface area contributed by atoms with Crippen LogP contribution in [0, 0.1) is 0 Å². The normalized spacial score (nSPS) is 10.1. The lowest BCUT2D eigenvalue weighted by Crippen LogP contribution is -2.15. The summed E-state index contributed by atoms with van der Waals surface area (Å²) in [6.45, 7) is 1.02. The Hall–Kier alpha value is -3.68. The van der Waals surface area contributed by atoms with Crippen molar-refractivity contribution in [2.45, 2.75) is 0 Å². The third-order valence-electron chi connectivity index (χ3n) is 3.57. The van der Waals surface area contributed by atoms with Crippen LogP contribution in [-0.4, -0.2) is 41.3 Å². The van der Waals surface area contributed by atoms with Gasteiger partial charge in [-0.3, -0.25) is 9.78 Å². The maximum atomic E-state index is 12.0. The summed E-state index contributed by atoms with van der Waals surface area (Å²) in [5.41, 5.74) is 0.456. The Bertz CT molecular complexity index is 855. The molecule has 2 heterocycles. The number of pyridine rings is 1. The van der Waals surface area contributed by atoms with Crippen molar-refractivity contribution in [1.29, 1.82) is 0 Å². The summed E-state index contributed by atoms with van der Waals surface area (Å²) in [6, 6.07) is 14.2. The summed E-state index contributed by atoms with van der Waals surface area (Å²) in [4.78, 5) is 15.9. The van der Waals surface area contributed by atoms with Crippen LogP contribution in [0.15, 0.2) is 60.9 Å². The molecule has 0 spiro atoms. The number of carbonyl (C=O) groups excluding carboxylic acids is 1. The molecule has 2 aromatic heterocycles. The molecule has 0 saturated carbocycles. The Morgan fingerprint density at radius 2 is 1.74 bits per heavy atom. The van der Waals surface area contributed by atoms with Crippen molar-refractivity contribution in [3.63, 3.8) is 0 Å². The second-order valence-corrected chi connectivity index (χ2v) is 5.45. The van der Waals surface area contributed by atoms with Gasteiger partial charge < -0.3 is 20.1 Å². The Labute approximate surface area is 156 Å². The molecule has 1 amide bonds. The molecule has 27 heavy (non-hydrogen) atoms. The molecule has 8 heteroatoms. The first kappa shape index (κ1) is 18.1. The smallest absolute Gasteiger partial charge is 0.258 e. The standard InChI is InChI=1S/C19H19N5O3/c1-26-15-4-6-16(7-5-15)27-12-11-21-17-8-9-18(24-23-17)22-19(25)14-3-2-10-20-13-14/h2-10,13H,11-12H2,1H3,(H,21,23)(H,22,24,25). The van der Waals surface area contributed by atoms with Gasteiger partial charge in [0.05, 0.1) is 19.2 Å². The van der Waals surface area contributed by atoms with Gasteiger partial charge in [-0.15, -0.1) is 10.2 Å². The number of ether oxygens (including phenoxy) is 2. The molecule has 0 aliphatic heterocycles. The molecule has 0 radical (unpaired) electrons. The van der Waals surface area contributed by atoms with E-state index < -0.39 is 0 Å². The lowest BCUT2D eigenvalue weighted by molar-refractivity contribution is 0.102. The highest BCUT2D eigenvalue weighted by Crippen LogP contribution is 2.16. The molecule has 2 N–H and O–H groups in total. The Morgan fingerprint density at radius 3 is 2.41 bits per heavy atom. The second kappa shape index (κ2) is 9.14. The van der Waals surface area contributed by atoms with Crippen LogP contribution in [0.4, 0.5) is 11.6 Å². The van der Waals surface area contributed by atoms with E-state index in [1.807, 2.05) is 24.3 Å². The summed E-state index contributed by atoms with van der Waals surface area (Å²) in [7, 11) is 1.62. The van der Waals surface area contributed by atoms with E-state index >= 15 is 0 Å². The second-order valence-electron chi connectivity index (χ2n) is 5.45.